The Morgan fingerprint density at radius 3 is 2.33 bits per heavy atom. The molecule has 6 heavy (non-hydrogen) atoms. The highest BCUT2D eigenvalue weighted by atomic mass is 16.6. The number of hydrogen-bond acceptors (Lipinski definition) is 2. The molecule has 1 fully saturated rings. The lowest BCUT2D eigenvalue weighted by Crippen LogP contribution is -2.24. The van der Waals surface area contributed by atoms with Gasteiger partial charge in [-0.15, -0.1) is 0 Å². The molecule has 0 saturated carbocycles. The van der Waals surface area contributed by atoms with Crippen LogP contribution in [-0.2, 0) is 4.74 Å². The van der Waals surface area contributed by atoms with Crippen molar-refractivity contribution in [1.29, 1.82) is 0 Å². The van der Waals surface area contributed by atoms with E-state index in [-0.39, 0.29) is 5.72 Å². The fourth-order valence-corrected chi connectivity index (χ4v) is 0.253. The monoisotopic (exact) mass is 87.1 g/mol. The Balaban J connectivity index is 2.28. The van der Waals surface area contributed by atoms with Crippen LogP contribution < -0.4 is 5.32 Å². The number of rotatable bonds is 1. The lowest BCUT2D eigenvalue weighted by atomic mass is 10.4. The highest BCUT2D eigenvalue weighted by molar-refractivity contribution is 4.81. The molecule has 2 heteroatoms. The van der Waals surface area contributed by atoms with E-state index in [9.17, 15) is 0 Å². The van der Waals surface area contributed by atoms with Gasteiger partial charge in [-0.05, 0) is 14.0 Å². The van der Waals surface area contributed by atoms with Crippen LogP contribution in [0.2, 0.25) is 0 Å². The van der Waals surface area contributed by atoms with E-state index in [1.807, 2.05) is 14.0 Å². The number of hydrogen-bond donors (Lipinski definition) is 1. The van der Waals surface area contributed by atoms with Crippen LogP contribution in [0.25, 0.3) is 0 Å². The molecule has 1 N–H and O–H groups in total. The zero-order valence-corrected chi connectivity index (χ0v) is 4.12. The molecule has 1 saturated heterocycles. The van der Waals surface area contributed by atoms with E-state index >= 15 is 0 Å². The third kappa shape index (κ3) is 0.533. The van der Waals surface area contributed by atoms with E-state index in [0.717, 1.165) is 6.61 Å². The molecule has 1 aliphatic heterocycles. The predicted molar refractivity (Wildman–Crippen MR) is 23.4 cm³/mol. The van der Waals surface area contributed by atoms with Crippen molar-refractivity contribution >= 4 is 0 Å². The molecule has 0 amide bonds. The first kappa shape index (κ1) is 4.09. The summed E-state index contributed by atoms with van der Waals surface area (Å²) < 4.78 is 4.93. The standard InChI is InChI=1S/C4H9NO/c1-4(5-2)3-6-4/h5H,3H2,1-2H3. The minimum absolute atomic E-state index is 0.0417. The first-order valence-corrected chi connectivity index (χ1v) is 2.10. The Bertz CT molecular complexity index is 58.6. The SMILES string of the molecule is CNC1(C)CO1. The summed E-state index contributed by atoms with van der Waals surface area (Å²) in [6.07, 6.45) is 0. The fourth-order valence-electron chi connectivity index (χ4n) is 0.253. The van der Waals surface area contributed by atoms with Crippen LogP contribution in [0, 0.1) is 0 Å². The Labute approximate surface area is 37.5 Å². The van der Waals surface area contributed by atoms with Crippen molar-refractivity contribution in [3.8, 4) is 0 Å². The second-order valence-electron chi connectivity index (χ2n) is 1.77. The summed E-state index contributed by atoms with van der Waals surface area (Å²) in [5, 5.41) is 2.99. The van der Waals surface area contributed by atoms with Gasteiger partial charge in [0.15, 0.2) is 0 Å². The van der Waals surface area contributed by atoms with Crippen LogP contribution in [-0.4, -0.2) is 19.4 Å². The molecule has 1 rings (SSSR count). The van der Waals surface area contributed by atoms with Crippen molar-refractivity contribution in [3.63, 3.8) is 0 Å². The van der Waals surface area contributed by atoms with Gasteiger partial charge in [0.2, 0.25) is 0 Å². The van der Waals surface area contributed by atoms with Crippen LogP contribution in [0.15, 0.2) is 0 Å². The van der Waals surface area contributed by atoms with Gasteiger partial charge in [0.25, 0.3) is 0 Å². The lowest BCUT2D eigenvalue weighted by Gasteiger charge is -1.96. The first-order chi connectivity index (χ1) is 2.77. The number of likely N-dealkylation sites (N-methyl/N-ethyl adjacent to an activating group) is 1. The average molecular weight is 87.1 g/mol. The Kier molecular flexibility index (Phi) is 0.648. The van der Waals surface area contributed by atoms with E-state index in [2.05, 4.69) is 5.32 Å². The third-order valence-corrected chi connectivity index (χ3v) is 1.11. The maximum Gasteiger partial charge on any atom is 0.139 e. The van der Waals surface area contributed by atoms with E-state index in [1.165, 1.54) is 0 Å². The summed E-state index contributed by atoms with van der Waals surface area (Å²) in [6.45, 7) is 2.89. The van der Waals surface area contributed by atoms with Gasteiger partial charge in [0.05, 0.1) is 6.61 Å². The topological polar surface area (TPSA) is 24.6 Å². The van der Waals surface area contributed by atoms with Gasteiger partial charge in [-0.1, -0.05) is 0 Å². The van der Waals surface area contributed by atoms with Crippen LogP contribution in [0.3, 0.4) is 0 Å². The molecular formula is C4H9NO. The summed E-state index contributed by atoms with van der Waals surface area (Å²) in [5.41, 5.74) is 0.0417. The van der Waals surface area contributed by atoms with Crippen molar-refractivity contribution in [2.45, 2.75) is 12.6 Å². The molecule has 0 aromatic rings. The summed E-state index contributed by atoms with van der Waals surface area (Å²) in [5.74, 6) is 0. The van der Waals surface area contributed by atoms with Crippen LogP contribution >= 0.6 is 0 Å². The molecule has 1 unspecified atom stereocenters. The molecule has 0 radical (unpaired) electrons. The van der Waals surface area contributed by atoms with Gasteiger partial charge in [0, 0.05) is 0 Å². The maximum absolute atomic E-state index is 4.93. The van der Waals surface area contributed by atoms with Crippen molar-refractivity contribution < 1.29 is 4.74 Å². The van der Waals surface area contributed by atoms with Crippen LogP contribution in [0.4, 0.5) is 0 Å². The van der Waals surface area contributed by atoms with Gasteiger partial charge < -0.3 is 4.74 Å². The summed E-state index contributed by atoms with van der Waals surface area (Å²) in [7, 11) is 1.90. The zero-order valence-electron chi connectivity index (χ0n) is 4.12. The molecule has 1 aliphatic rings. The molecule has 0 aromatic heterocycles. The molecule has 2 nitrogen and oxygen atoms in total. The van der Waals surface area contributed by atoms with Gasteiger partial charge in [-0.2, -0.15) is 0 Å². The van der Waals surface area contributed by atoms with Gasteiger partial charge >= 0.3 is 0 Å². The van der Waals surface area contributed by atoms with Crippen molar-refractivity contribution in [3.05, 3.63) is 0 Å². The smallest absolute Gasteiger partial charge is 0.139 e. The maximum atomic E-state index is 4.93. The zero-order chi connectivity index (χ0) is 4.62. The second kappa shape index (κ2) is 0.950. The molecule has 0 spiro atoms. The molecular weight excluding hydrogens is 78.0 g/mol. The highest BCUT2D eigenvalue weighted by Gasteiger charge is 2.36. The third-order valence-electron chi connectivity index (χ3n) is 1.11. The van der Waals surface area contributed by atoms with E-state index in [1.54, 1.807) is 0 Å². The largest absolute Gasteiger partial charge is 0.354 e. The number of nitrogens with one attached hydrogen (secondary N) is 1. The summed E-state index contributed by atoms with van der Waals surface area (Å²) in [6, 6.07) is 0. The van der Waals surface area contributed by atoms with Gasteiger partial charge in [-0.3, -0.25) is 5.32 Å². The van der Waals surface area contributed by atoms with Crippen molar-refractivity contribution in [1.82, 2.24) is 5.32 Å². The van der Waals surface area contributed by atoms with E-state index in [4.69, 9.17) is 4.74 Å². The lowest BCUT2D eigenvalue weighted by molar-refractivity contribution is 0.291. The van der Waals surface area contributed by atoms with Gasteiger partial charge in [-0.25, -0.2) is 0 Å². The minimum Gasteiger partial charge on any atom is -0.354 e. The normalized spacial score (nSPS) is 43.0. The van der Waals surface area contributed by atoms with Crippen LogP contribution in [0.5, 0.6) is 0 Å². The Morgan fingerprint density at radius 2 is 2.33 bits per heavy atom. The molecule has 0 aliphatic carbocycles. The quantitative estimate of drug-likeness (QED) is 0.453. The fraction of sp³-hybridized carbons (Fsp3) is 1.00. The Hall–Kier alpha value is -0.0800. The van der Waals surface area contributed by atoms with Crippen molar-refractivity contribution in [2.24, 2.45) is 0 Å². The number of ether oxygens (including phenoxy) is 1. The predicted octanol–water partition coefficient (Wildman–Crippen LogP) is -0.0478. The van der Waals surface area contributed by atoms with E-state index < -0.39 is 0 Å². The van der Waals surface area contributed by atoms with Crippen molar-refractivity contribution in [2.75, 3.05) is 13.7 Å². The van der Waals surface area contributed by atoms with Crippen LogP contribution in [0.1, 0.15) is 6.92 Å². The van der Waals surface area contributed by atoms with E-state index in [0.29, 0.717) is 0 Å². The molecule has 1 atom stereocenters. The highest BCUT2D eigenvalue weighted by Crippen LogP contribution is 2.19. The summed E-state index contributed by atoms with van der Waals surface area (Å²) >= 11 is 0. The van der Waals surface area contributed by atoms with Gasteiger partial charge in [0.1, 0.15) is 5.72 Å². The number of epoxide rings is 1. The molecule has 0 bridgehead atoms. The molecule has 1 heterocycles. The molecule has 36 valence electrons. The summed E-state index contributed by atoms with van der Waals surface area (Å²) in [4.78, 5) is 0. The second-order valence-corrected chi connectivity index (χ2v) is 1.77. The average Bonchev–Trinajstić information content (AvgIpc) is 2.22. The minimum atomic E-state index is 0.0417. The molecule has 0 aromatic carbocycles. The Morgan fingerprint density at radius 1 is 1.83 bits per heavy atom. The first-order valence-electron chi connectivity index (χ1n) is 2.10.